The molecule has 0 bridgehead atoms. The summed E-state index contributed by atoms with van der Waals surface area (Å²) in [6, 6.07) is 18.4. The first-order valence-corrected chi connectivity index (χ1v) is 13.4. The number of ether oxygens (including phenoxy) is 2. The van der Waals surface area contributed by atoms with E-state index in [2.05, 4.69) is 6.07 Å². The van der Waals surface area contributed by atoms with Crippen LogP contribution in [0.25, 0.3) is 0 Å². The molecule has 0 saturated heterocycles. The number of nitro benzene ring substituents is 1. The lowest BCUT2D eigenvalue weighted by molar-refractivity contribution is -0.384. The molecule has 5 rings (SSSR count). The number of nitrogens with zero attached hydrogens (tertiary/aromatic N) is 3. The summed E-state index contributed by atoms with van der Waals surface area (Å²) in [5.74, 6) is 0.378. The van der Waals surface area contributed by atoms with Crippen molar-refractivity contribution in [3.05, 3.63) is 115 Å². The predicted octanol–water partition coefficient (Wildman–Crippen LogP) is 6.79. The number of carbonyl (C=O) groups is 1. The number of anilines is 1. The number of nitriles is 1. The van der Waals surface area contributed by atoms with Crippen molar-refractivity contribution in [3.8, 4) is 17.6 Å². The fourth-order valence-corrected chi connectivity index (χ4v) is 5.74. The molecule has 0 spiro atoms. The average molecular weight is 591 g/mol. The highest BCUT2D eigenvalue weighted by atomic mass is 35.5. The molecule has 1 heterocycles. The second-order valence-corrected chi connectivity index (χ2v) is 10.4. The molecular weight excluding hydrogens is 567 g/mol. The van der Waals surface area contributed by atoms with Gasteiger partial charge in [0.15, 0.2) is 5.78 Å². The van der Waals surface area contributed by atoms with Crippen molar-refractivity contribution in [3.63, 3.8) is 0 Å². The summed E-state index contributed by atoms with van der Waals surface area (Å²) < 4.78 is 11.5. The molecule has 1 atom stereocenters. The Hall–Kier alpha value is -4.52. The van der Waals surface area contributed by atoms with Crippen LogP contribution in [0.1, 0.15) is 36.3 Å². The summed E-state index contributed by atoms with van der Waals surface area (Å²) >= 11 is 12.3. The van der Waals surface area contributed by atoms with Crippen LogP contribution in [0.3, 0.4) is 0 Å². The van der Waals surface area contributed by atoms with Crippen LogP contribution in [0.4, 0.5) is 11.4 Å². The van der Waals surface area contributed by atoms with Gasteiger partial charge in [-0.05, 0) is 60.9 Å². The molecule has 1 aliphatic heterocycles. The van der Waals surface area contributed by atoms with Gasteiger partial charge in [0.1, 0.15) is 23.9 Å². The minimum absolute atomic E-state index is 0.0755. The quantitative estimate of drug-likeness (QED) is 0.235. The molecule has 0 unspecified atom stereocenters. The van der Waals surface area contributed by atoms with Crippen molar-refractivity contribution in [1.82, 2.24) is 0 Å². The Balaban J connectivity index is 1.59. The van der Waals surface area contributed by atoms with Gasteiger partial charge in [0.25, 0.3) is 5.69 Å². The fourth-order valence-electron chi connectivity index (χ4n) is 5.28. The van der Waals surface area contributed by atoms with Gasteiger partial charge in [-0.3, -0.25) is 19.8 Å². The molecule has 9 nitrogen and oxygen atoms in total. The molecule has 0 fully saturated rings. The molecule has 3 aromatic carbocycles. The summed E-state index contributed by atoms with van der Waals surface area (Å²) in [5, 5.41) is 22.3. The van der Waals surface area contributed by atoms with Crippen LogP contribution in [-0.4, -0.2) is 17.8 Å². The molecule has 208 valence electrons. The summed E-state index contributed by atoms with van der Waals surface area (Å²) in [6.45, 7) is 0.0982. The third kappa shape index (κ3) is 5.32. The first kappa shape index (κ1) is 28.0. The molecule has 0 aromatic heterocycles. The van der Waals surface area contributed by atoms with Crippen LogP contribution in [0.2, 0.25) is 10.0 Å². The monoisotopic (exact) mass is 590 g/mol. The van der Waals surface area contributed by atoms with Crippen LogP contribution < -0.4 is 20.1 Å². The number of Topliss-reactive ketones (excluding diaryl/α,β-unsaturated/α-hetero) is 1. The van der Waals surface area contributed by atoms with Crippen molar-refractivity contribution in [2.45, 2.75) is 31.8 Å². The number of ketones is 1. The van der Waals surface area contributed by atoms with E-state index >= 15 is 0 Å². The third-order valence-corrected chi connectivity index (χ3v) is 7.68. The molecule has 1 aliphatic carbocycles. The Kier molecular flexibility index (Phi) is 7.88. The van der Waals surface area contributed by atoms with Crippen LogP contribution in [0.15, 0.2) is 83.3 Å². The van der Waals surface area contributed by atoms with E-state index in [1.807, 2.05) is 6.07 Å². The number of rotatable bonds is 7. The van der Waals surface area contributed by atoms with Crippen molar-refractivity contribution in [2.24, 2.45) is 5.73 Å². The normalized spacial score (nSPS) is 16.8. The highest BCUT2D eigenvalue weighted by Gasteiger charge is 2.40. The van der Waals surface area contributed by atoms with Crippen LogP contribution in [0, 0.1) is 21.4 Å². The van der Waals surface area contributed by atoms with E-state index in [4.69, 9.17) is 38.4 Å². The standard InChI is InChI=1S/C30H24Cl2N4O5/c1-40-26-11-5-17(13-18(26)16-41-27-12-6-19(31)14-23(27)32)28-22(15-33)30(34)35(24-3-2-4-25(37)29(24)28)20-7-9-21(10-8-20)36(38)39/h5-14,28H,2-4,16,34H2,1H3/t28-/m0/s1. The lowest BCUT2D eigenvalue weighted by Crippen LogP contribution is -2.38. The van der Waals surface area contributed by atoms with E-state index in [0.717, 1.165) is 0 Å². The number of non-ortho nitro benzene ring substituents is 1. The molecule has 2 aliphatic rings. The Bertz CT molecular complexity index is 1660. The largest absolute Gasteiger partial charge is 0.496 e. The topological polar surface area (TPSA) is 132 Å². The molecule has 0 saturated carbocycles. The summed E-state index contributed by atoms with van der Waals surface area (Å²) in [4.78, 5) is 25.8. The van der Waals surface area contributed by atoms with Gasteiger partial charge in [-0.15, -0.1) is 0 Å². The molecule has 3 aromatic rings. The molecule has 0 radical (unpaired) electrons. The van der Waals surface area contributed by atoms with Gasteiger partial charge < -0.3 is 15.2 Å². The third-order valence-electron chi connectivity index (χ3n) is 7.15. The maximum absolute atomic E-state index is 13.5. The number of hydrogen-bond acceptors (Lipinski definition) is 8. The molecule has 41 heavy (non-hydrogen) atoms. The van der Waals surface area contributed by atoms with Crippen molar-refractivity contribution >= 4 is 40.4 Å². The Morgan fingerprint density at radius 3 is 2.49 bits per heavy atom. The number of methoxy groups -OCH3 is 1. The second-order valence-electron chi connectivity index (χ2n) is 9.52. The highest BCUT2D eigenvalue weighted by molar-refractivity contribution is 6.35. The zero-order valence-corrected chi connectivity index (χ0v) is 23.4. The summed E-state index contributed by atoms with van der Waals surface area (Å²) in [7, 11) is 1.54. The van der Waals surface area contributed by atoms with E-state index in [1.54, 1.807) is 54.5 Å². The lowest BCUT2D eigenvalue weighted by atomic mass is 9.75. The van der Waals surface area contributed by atoms with Gasteiger partial charge in [-0.25, -0.2) is 0 Å². The van der Waals surface area contributed by atoms with Gasteiger partial charge in [-0.1, -0.05) is 29.3 Å². The highest BCUT2D eigenvalue weighted by Crippen LogP contribution is 2.47. The summed E-state index contributed by atoms with van der Waals surface area (Å²) in [6.07, 6.45) is 1.50. The minimum atomic E-state index is -0.708. The maximum Gasteiger partial charge on any atom is 0.269 e. The van der Waals surface area contributed by atoms with Crippen LogP contribution in [0.5, 0.6) is 11.5 Å². The Labute approximate surface area is 246 Å². The van der Waals surface area contributed by atoms with E-state index < -0.39 is 10.8 Å². The first-order chi connectivity index (χ1) is 19.7. The van der Waals surface area contributed by atoms with Gasteiger partial charge >= 0.3 is 0 Å². The zero-order chi connectivity index (χ0) is 29.3. The van der Waals surface area contributed by atoms with Gasteiger partial charge in [0, 0.05) is 46.1 Å². The van der Waals surface area contributed by atoms with E-state index in [-0.39, 0.29) is 29.5 Å². The lowest BCUT2D eigenvalue weighted by Gasteiger charge is -2.39. The number of nitrogens with two attached hydrogens (primary N) is 1. The van der Waals surface area contributed by atoms with Crippen molar-refractivity contribution in [1.29, 1.82) is 5.26 Å². The van der Waals surface area contributed by atoms with Gasteiger partial charge in [-0.2, -0.15) is 5.26 Å². The van der Waals surface area contributed by atoms with E-state index in [1.165, 1.54) is 12.1 Å². The van der Waals surface area contributed by atoms with Gasteiger partial charge in [0.2, 0.25) is 0 Å². The molecule has 0 amide bonds. The smallest absolute Gasteiger partial charge is 0.269 e. The maximum atomic E-state index is 13.5. The van der Waals surface area contributed by atoms with Crippen LogP contribution in [-0.2, 0) is 11.4 Å². The first-order valence-electron chi connectivity index (χ1n) is 12.7. The number of carbonyl (C=O) groups excluding carboxylic acids is 1. The second kappa shape index (κ2) is 11.5. The number of hydrogen-bond donors (Lipinski definition) is 1. The molecule has 11 heteroatoms. The molecule has 2 N–H and O–H groups in total. The fraction of sp³-hybridized carbons (Fsp3) is 0.200. The molecular formula is C30H24Cl2N4O5. The number of nitro groups is 1. The predicted molar refractivity (Wildman–Crippen MR) is 155 cm³/mol. The Morgan fingerprint density at radius 1 is 1.10 bits per heavy atom. The number of halogens is 2. The number of benzene rings is 3. The van der Waals surface area contributed by atoms with E-state index in [9.17, 15) is 20.2 Å². The van der Waals surface area contributed by atoms with Gasteiger partial charge in [0.05, 0.1) is 34.6 Å². The SMILES string of the molecule is COc1ccc([C@H]2C(C#N)=C(N)N(c3ccc([N+](=O)[O-])cc3)C3=C2C(=O)CCC3)cc1COc1ccc(Cl)cc1Cl. The van der Waals surface area contributed by atoms with Crippen molar-refractivity contribution in [2.75, 3.05) is 12.0 Å². The van der Waals surface area contributed by atoms with E-state index in [0.29, 0.717) is 68.9 Å². The van der Waals surface area contributed by atoms with Crippen molar-refractivity contribution < 1.29 is 19.2 Å². The van der Waals surface area contributed by atoms with Crippen LogP contribution >= 0.6 is 23.2 Å². The average Bonchev–Trinajstić information content (AvgIpc) is 2.96. The number of allylic oxidation sites excluding steroid dienone is 3. The minimum Gasteiger partial charge on any atom is -0.496 e. The Morgan fingerprint density at radius 2 is 1.83 bits per heavy atom. The zero-order valence-electron chi connectivity index (χ0n) is 21.9. The summed E-state index contributed by atoms with van der Waals surface area (Å²) in [5.41, 5.74) is 9.81.